The van der Waals surface area contributed by atoms with Gasteiger partial charge in [0.05, 0.1) is 18.6 Å². The van der Waals surface area contributed by atoms with Crippen LogP contribution in [0, 0.1) is 0 Å². The quantitative estimate of drug-likeness (QED) is 0.167. The molecule has 0 aliphatic carbocycles. The van der Waals surface area contributed by atoms with Crippen molar-refractivity contribution in [1.82, 2.24) is 26.0 Å². The Morgan fingerprint density at radius 2 is 1.92 bits per heavy atom. The first-order chi connectivity index (χ1) is 17.2. The fourth-order valence-electron chi connectivity index (χ4n) is 4.51. The molecule has 1 aliphatic heterocycles. The summed E-state index contributed by atoms with van der Waals surface area (Å²) in [6, 6.07) is 4.75. The van der Waals surface area contributed by atoms with Gasteiger partial charge in [0.25, 0.3) is 5.91 Å². The number of para-hydroxylation sites is 1. The van der Waals surface area contributed by atoms with Crippen LogP contribution in [-0.4, -0.2) is 75.7 Å². The van der Waals surface area contributed by atoms with Crippen molar-refractivity contribution in [3.8, 4) is 0 Å². The summed E-state index contributed by atoms with van der Waals surface area (Å²) >= 11 is 0. The standard InChI is InChI=1S/C24H32N6O6/c1-14(31)30-10-4-7-20(30)21(32)13-27-18(8-9-22(25)33)23(34)28-19(24(35)29-36)11-15-12-26-17-6-3-2-5-16(15)17/h2-3,5-6,12,18-20,26-27,36H,4,7-11,13H2,1H3,(H2,25,33)(H,28,34)(H,29,35)/t18-,19-,20-/m0/s1. The fraction of sp³-hybridized carbons (Fsp3) is 0.458. The number of amides is 4. The number of Topliss-reactive ketones (excluding diaryl/α,β-unsaturated/α-hetero) is 1. The lowest BCUT2D eigenvalue weighted by Gasteiger charge is -2.25. The molecule has 1 aromatic carbocycles. The average Bonchev–Trinajstić information content (AvgIpc) is 3.50. The second-order valence-electron chi connectivity index (χ2n) is 8.88. The molecule has 12 heteroatoms. The van der Waals surface area contributed by atoms with Crippen molar-refractivity contribution in [1.29, 1.82) is 0 Å². The lowest BCUT2D eigenvalue weighted by molar-refractivity contribution is -0.136. The van der Waals surface area contributed by atoms with E-state index in [0.29, 0.717) is 19.4 Å². The molecule has 194 valence electrons. The van der Waals surface area contributed by atoms with Crippen molar-refractivity contribution in [2.45, 2.75) is 57.2 Å². The predicted molar refractivity (Wildman–Crippen MR) is 129 cm³/mol. The summed E-state index contributed by atoms with van der Waals surface area (Å²) in [5.41, 5.74) is 8.43. The Kier molecular flexibility index (Phi) is 9.14. The molecule has 0 unspecified atom stereocenters. The summed E-state index contributed by atoms with van der Waals surface area (Å²) in [5.74, 6) is -2.51. The number of hydroxylamine groups is 1. The van der Waals surface area contributed by atoms with E-state index in [9.17, 15) is 29.2 Å². The molecular formula is C24H32N6O6. The Balaban J connectivity index is 1.70. The first-order valence-electron chi connectivity index (χ1n) is 11.8. The number of nitrogens with zero attached hydrogens (tertiary/aromatic N) is 1. The monoisotopic (exact) mass is 500 g/mol. The Morgan fingerprint density at radius 1 is 1.17 bits per heavy atom. The SMILES string of the molecule is CC(=O)N1CCC[C@H]1C(=O)CN[C@@H](CCC(N)=O)C(=O)N[C@@H](Cc1c[nH]c2ccccc12)C(=O)NO. The Hall–Kier alpha value is -3.77. The van der Waals surface area contributed by atoms with Crippen molar-refractivity contribution >= 4 is 40.3 Å². The molecule has 12 nitrogen and oxygen atoms in total. The molecule has 2 heterocycles. The number of rotatable bonds is 12. The molecule has 1 saturated heterocycles. The molecule has 3 rings (SSSR count). The number of primary amides is 1. The van der Waals surface area contributed by atoms with Gasteiger partial charge in [0.2, 0.25) is 17.7 Å². The average molecular weight is 501 g/mol. The molecular weight excluding hydrogens is 468 g/mol. The Morgan fingerprint density at radius 3 is 2.61 bits per heavy atom. The minimum Gasteiger partial charge on any atom is -0.370 e. The van der Waals surface area contributed by atoms with E-state index in [4.69, 9.17) is 5.73 Å². The number of fused-ring (bicyclic) bond motifs is 1. The molecule has 7 N–H and O–H groups in total. The summed E-state index contributed by atoms with van der Waals surface area (Å²) in [6.07, 6.45) is 2.93. The second kappa shape index (κ2) is 12.3. The third kappa shape index (κ3) is 6.67. The molecule has 2 aromatic rings. The number of nitrogens with two attached hydrogens (primary N) is 1. The van der Waals surface area contributed by atoms with Crippen LogP contribution in [0.25, 0.3) is 10.9 Å². The maximum absolute atomic E-state index is 13.1. The number of hydrogen-bond acceptors (Lipinski definition) is 7. The van der Waals surface area contributed by atoms with E-state index in [0.717, 1.165) is 16.5 Å². The van der Waals surface area contributed by atoms with Crippen LogP contribution in [0.2, 0.25) is 0 Å². The van der Waals surface area contributed by atoms with Gasteiger partial charge in [-0.2, -0.15) is 0 Å². The number of carbonyl (C=O) groups excluding carboxylic acids is 5. The lowest BCUT2D eigenvalue weighted by atomic mass is 10.0. The minimum absolute atomic E-state index is 0.00388. The van der Waals surface area contributed by atoms with E-state index < -0.39 is 35.8 Å². The van der Waals surface area contributed by atoms with E-state index >= 15 is 0 Å². The third-order valence-electron chi connectivity index (χ3n) is 6.39. The summed E-state index contributed by atoms with van der Waals surface area (Å²) in [4.78, 5) is 66.0. The molecule has 0 saturated carbocycles. The molecule has 0 bridgehead atoms. The van der Waals surface area contributed by atoms with Gasteiger partial charge in [0, 0.05) is 43.4 Å². The number of aromatic nitrogens is 1. The second-order valence-corrected chi connectivity index (χ2v) is 8.88. The molecule has 1 aromatic heterocycles. The number of H-pyrrole nitrogens is 1. The highest BCUT2D eigenvalue weighted by Gasteiger charge is 2.33. The maximum Gasteiger partial charge on any atom is 0.266 e. The summed E-state index contributed by atoms with van der Waals surface area (Å²) in [6.45, 7) is 1.70. The molecule has 1 aliphatic rings. The van der Waals surface area contributed by atoms with Crippen LogP contribution >= 0.6 is 0 Å². The summed E-state index contributed by atoms with van der Waals surface area (Å²) < 4.78 is 0. The Labute approximate surface area is 207 Å². The number of carbonyl (C=O) groups is 5. The van der Waals surface area contributed by atoms with Crippen LogP contribution in [0.3, 0.4) is 0 Å². The van der Waals surface area contributed by atoms with Crippen LogP contribution in [0.4, 0.5) is 0 Å². The van der Waals surface area contributed by atoms with Gasteiger partial charge in [0.15, 0.2) is 5.78 Å². The van der Waals surface area contributed by atoms with E-state index in [1.54, 1.807) is 11.7 Å². The zero-order valence-electron chi connectivity index (χ0n) is 20.1. The first kappa shape index (κ1) is 26.8. The number of hydrogen-bond donors (Lipinski definition) is 6. The van der Waals surface area contributed by atoms with Crippen molar-refractivity contribution in [2.75, 3.05) is 13.1 Å². The summed E-state index contributed by atoms with van der Waals surface area (Å²) in [7, 11) is 0. The lowest BCUT2D eigenvalue weighted by Crippen LogP contribution is -2.54. The van der Waals surface area contributed by atoms with Gasteiger partial charge in [-0.25, -0.2) is 5.48 Å². The molecule has 3 atom stereocenters. The van der Waals surface area contributed by atoms with Gasteiger partial charge in [-0.15, -0.1) is 0 Å². The van der Waals surface area contributed by atoms with Crippen LogP contribution in [0.1, 0.15) is 38.2 Å². The maximum atomic E-state index is 13.1. The summed E-state index contributed by atoms with van der Waals surface area (Å²) in [5, 5.41) is 15.5. The van der Waals surface area contributed by atoms with E-state index in [1.807, 2.05) is 24.3 Å². The normalized spacial score (nSPS) is 16.9. The van der Waals surface area contributed by atoms with Crippen LogP contribution < -0.4 is 21.8 Å². The van der Waals surface area contributed by atoms with Gasteiger partial charge in [-0.1, -0.05) is 18.2 Å². The minimum atomic E-state index is -1.13. The third-order valence-corrected chi connectivity index (χ3v) is 6.39. The van der Waals surface area contributed by atoms with Gasteiger partial charge < -0.3 is 20.9 Å². The smallest absolute Gasteiger partial charge is 0.266 e. The number of benzene rings is 1. The van der Waals surface area contributed by atoms with Crippen molar-refractivity contribution < 1.29 is 29.2 Å². The van der Waals surface area contributed by atoms with Crippen LogP contribution in [0.5, 0.6) is 0 Å². The Bertz CT molecular complexity index is 1130. The fourth-order valence-corrected chi connectivity index (χ4v) is 4.51. The number of aromatic amines is 1. The van der Waals surface area contributed by atoms with Crippen molar-refractivity contribution in [2.24, 2.45) is 5.73 Å². The zero-order chi connectivity index (χ0) is 26.2. The number of nitrogens with one attached hydrogen (secondary N) is 4. The highest BCUT2D eigenvalue weighted by Crippen LogP contribution is 2.20. The van der Waals surface area contributed by atoms with E-state index in [2.05, 4.69) is 15.6 Å². The zero-order valence-corrected chi connectivity index (χ0v) is 20.1. The molecule has 4 amide bonds. The highest BCUT2D eigenvalue weighted by molar-refractivity contribution is 5.93. The molecule has 36 heavy (non-hydrogen) atoms. The molecule has 0 radical (unpaired) electrons. The van der Waals surface area contributed by atoms with E-state index in [-0.39, 0.29) is 37.5 Å². The first-order valence-corrected chi connectivity index (χ1v) is 11.8. The molecule has 1 fully saturated rings. The molecule has 0 spiro atoms. The van der Waals surface area contributed by atoms with Crippen molar-refractivity contribution in [3.63, 3.8) is 0 Å². The van der Waals surface area contributed by atoms with Gasteiger partial charge in [-0.3, -0.25) is 34.5 Å². The predicted octanol–water partition coefficient (Wildman–Crippen LogP) is -0.496. The largest absolute Gasteiger partial charge is 0.370 e. The van der Waals surface area contributed by atoms with E-state index in [1.165, 1.54) is 11.8 Å². The van der Waals surface area contributed by atoms with Gasteiger partial charge in [-0.05, 0) is 30.9 Å². The van der Waals surface area contributed by atoms with Gasteiger partial charge in [0.1, 0.15) is 6.04 Å². The highest BCUT2D eigenvalue weighted by atomic mass is 16.5. The number of likely N-dealkylation sites (tertiary alicyclic amines) is 1. The topological polar surface area (TPSA) is 187 Å². The number of ketones is 1. The van der Waals surface area contributed by atoms with Gasteiger partial charge >= 0.3 is 0 Å². The van der Waals surface area contributed by atoms with Crippen molar-refractivity contribution in [3.05, 3.63) is 36.0 Å². The van der Waals surface area contributed by atoms with Crippen LogP contribution in [-0.2, 0) is 30.4 Å². The van der Waals surface area contributed by atoms with Crippen LogP contribution in [0.15, 0.2) is 30.5 Å².